The van der Waals surface area contributed by atoms with Crippen molar-refractivity contribution in [1.82, 2.24) is 29.0 Å². The third-order valence-corrected chi connectivity index (χ3v) is 13.8. The van der Waals surface area contributed by atoms with Crippen molar-refractivity contribution in [3.05, 3.63) is 139 Å². The van der Waals surface area contributed by atoms with Crippen molar-refractivity contribution in [1.29, 1.82) is 0 Å². The van der Waals surface area contributed by atoms with Crippen molar-refractivity contribution in [3.63, 3.8) is 0 Å². The monoisotopic (exact) mass is 916 g/mol. The Morgan fingerprint density at radius 3 is 2.34 bits per heavy atom. The maximum absolute atomic E-state index is 15.5. The Morgan fingerprint density at radius 1 is 0.952 bits per heavy atom. The normalized spacial score (nSPS) is 18.8. The summed E-state index contributed by atoms with van der Waals surface area (Å²) < 4.78 is 124. The van der Waals surface area contributed by atoms with Gasteiger partial charge < -0.3 is 10.1 Å². The van der Waals surface area contributed by atoms with Gasteiger partial charge in [-0.25, -0.2) is 31.0 Å². The van der Waals surface area contributed by atoms with Crippen LogP contribution in [0, 0.1) is 17.6 Å². The Morgan fingerprint density at radius 2 is 1.66 bits per heavy atom. The van der Waals surface area contributed by atoms with Crippen LogP contribution in [-0.4, -0.2) is 64.3 Å². The fourth-order valence-electron chi connectivity index (χ4n) is 8.41. The molecule has 1 aliphatic heterocycles. The van der Waals surface area contributed by atoms with Gasteiger partial charge in [0.1, 0.15) is 35.4 Å². The van der Waals surface area contributed by atoms with Gasteiger partial charge in [0.05, 0.1) is 40.7 Å². The van der Waals surface area contributed by atoms with Crippen LogP contribution >= 0.6 is 23.2 Å². The Bertz CT molecular complexity index is 2940. The van der Waals surface area contributed by atoms with Gasteiger partial charge in [0.15, 0.2) is 0 Å². The number of nitrogens with zero attached hydrogens (tertiary/aromatic N) is 5. The molecule has 0 radical (unpaired) electrons. The highest BCUT2D eigenvalue weighted by Crippen LogP contribution is 2.68. The Hall–Kier alpha value is -5.27. The minimum atomic E-state index is -3.99. The molecule has 1 N–H and O–H groups in total. The van der Waals surface area contributed by atoms with Gasteiger partial charge in [0, 0.05) is 52.7 Å². The van der Waals surface area contributed by atoms with Crippen LogP contribution in [0.25, 0.3) is 27.7 Å². The molecule has 1 saturated heterocycles. The van der Waals surface area contributed by atoms with E-state index in [1.54, 1.807) is 24.3 Å². The highest BCUT2D eigenvalue weighted by Gasteiger charge is 2.67. The van der Waals surface area contributed by atoms with Crippen LogP contribution in [0.15, 0.2) is 88.6 Å². The lowest BCUT2D eigenvalue weighted by atomic mass is 10.0. The first-order chi connectivity index (χ1) is 29.5. The molecule has 1 saturated carbocycles. The van der Waals surface area contributed by atoms with Crippen LogP contribution in [0.4, 0.5) is 26.3 Å². The molecule has 2 aromatic heterocycles. The zero-order valence-electron chi connectivity index (χ0n) is 32.0. The second-order valence-electron chi connectivity index (χ2n) is 15.3. The van der Waals surface area contributed by atoms with Crippen molar-refractivity contribution in [2.24, 2.45) is 5.92 Å². The average Bonchev–Trinajstić information content (AvgIpc) is 3.88. The fraction of sp³-hybridized carbons (Fsp3) is 0.286. The third-order valence-electron chi connectivity index (χ3n) is 11.3. The molecule has 0 bridgehead atoms. The molecule has 2 aliphatic carbocycles. The Kier molecular flexibility index (Phi) is 10.7. The average molecular weight is 918 g/mol. The molecule has 1 amide bonds. The predicted octanol–water partition coefficient (Wildman–Crippen LogP) is 8.10. The van der Waals surface area contributed by atoms with Crippen molar-refractivity contribution in [2.45, 2.75) is 48.6 Å². The number of carbonyl (C=O) groups excluding carboxylic acids is 1. The Labute approximate surface area is 358 Å². The van der Waals surface area contributed by atoms with Crippen LogP contribution in [0.3, 0.4) is 0 Å². The first kappa shape index (κ1) is 42.1. The van der Waals surface area contributed by atoms with Gasteiger partial charge >= 0.3 is 0 Å². The van der Waals surface area contributed by atoms with Crippen molar-refractivity contribution in [2.75, 3.05) is 26.3 Å². The summed E-state index contributed by atoms with van der Waals surface area (Å²) in [5, 5.41) is 7.08. The van der Waals surface area contributed by atoms with E-state index in [-0.39, 0.29) is 76.2 Å². The molecule has 2 fully saturated rings. The number of aromatic nitrogens is 4. The summed E-state index contributed by atoms with van der Waals surface area (Å²) in [5.41, 5.74) is -1.47. The van der Waals surface area contributed by atoms with Crippen LogP contribution in [-0.2, 0) is 38.4 Å². The van der Waals surface area contributed by atoms with E-state index < -0.39 is 87.7 Å². The lowest BCUT2D eigenvalue weighted by molar-refractivity contribution is -0.123. The molecule has 0 spiro atoms. The molecule has 3 atom stereocenters. The summed E-state index contributed by atoms with van der Waals surface area (Å²) in [4.78, 5) is 33.5. The molecule has 11 nitrogen and oxygen atoms in total. The molecule has 20 heteroatoms. The SMILES string of the molecule is O=C(Cn1nc(C(F)F)c2c1C(F)(F)[C@@H]1CC21)N[C@@H](Cc1cc(F)cc(F)c1)c1nc2cc(-c3ccc(Cl)cc3Cl)ccc2c(=O)n1-c1ccc(S(=O)(=O)N2CCOCC2)cc1. The number of hydrogen-bond acceptors (Lipinski definition) is 7. The summed E-state index contributed by atoms with van der Waals surface area (Å²) in [6.07, 6.45) is -3.64. The summed E-state index contributed by atoms with van der Waals surface area (Å²) in [6.45, 7) is -0.322. The van der Waals surface area contributed by atoms with E-state index in [0.717, 1.165) is 16.7 Å². The largest absolute Gasteiger partial charge is 0.379 e. The molecule has 6 aromatic rings. The van der Waals surface area contributed by atoms with Gasteiger partial charge in [-0.15, -0.1) is 0 Å². The van der Waals surface area contributed by atoms with Crippen LogP contribution in [0.2, 0.25) is 10.0 Å². The quantitative estimate of drug-likeness (QED) is 0.130. The number of ether oxygens (including phenoxy) is 1. The van der Waals surface area contributed by atoms with Crippen LogP contribution in [0.5, 0.6) is 0 Å². The number of halogens is 8. The number of nitrogens with one attached hydrogen (secondary N) is 1. The van der Waals surface area contributed by atoms with Gasteiger partial charge in [-0.3, -0.25) is 18.8 Å². The van der Waals surface area contributed by atoms with Crippen molar-refractivity contribution < 1.29 is 44.3 Å². The Balaban J connectivity index is 1.19. The van der Waals surface area contributed by atoms with Gasteiger partial charge in [-0.1, -0.05) is 35.3 Å². The minimum absolute atomic E-state index is 0.00110. The van der Waals surface area contributed by atoms with Crippen molar-refractivity contribution in [3.8, 4) is 16.8 Å². The lowest BCUT2D eigenvalue weighted by Crippen LogP contribution is -2.40. The summed E-state index contributed by atoms with van der Waals surface area (Å²) in [7, 11) is -3.99. The molecule has 1 unspecified atom stereocenters. The van der Waals surface area contributed by atoms with E-state index in [1.807, 2.05) is 0 Å². The van der Waals surface area contributed by atoms with E-state index in [2.05, 4.69) is 10.4 Å². The van der Waals surface area contributed by atoms with Gasteiger partial charge in [0.25, 0.3) is 17.9 Å². The minimum Gasteiger partial charge on any atom is -0.379 e. The number of carbonyl (C=O) groups is 1. The number of sulfonamides is 1. The second kappa shape index (κ2) is 15.8. The highest BCUT2D eigenvalue weighted by atomic mass is 35.5. The van der Waals surface area contributed by atoms with Crippen LogP contribution < -0.4 is 10.9 Å². The van der Waals surface area contributed by atoms with Crippen molar-refractivity contribution >= 4 is 50.0 Å². The number of alkyl halides is 4. The van der Waals surface area contributed by atoms with Gasteiger partial charge in [-0.05, 0) is 84.1 Å². The molecule has 4 aromatic carbocycles. The maximum atomic E-state index is 15.5. The molecule has 3 heterocycles. The third kappa shape index (κ3) is 7.54. The molecule has 62 heavy (non-hydrogen) atoms. The number of hydrogen-bond donors (Lipinski definition) is 1. The van der Waals surface area contributed by atoms with E-state index in [9.17, 15) is 35.6 Å². The van der Waals surface area contributed by atoms with E-state index in [1.165, 1.54) is 40.7 Å². The molecular formula is C42H32Cl2F6N6O5S. The zero-order chi connectivity index (χ0) is 43.8. The lowest BCUT2D eigenvalue weighted by Gasteiger charge is -2.26. The van der Waals surface area contributed by atoms with Gasteiger partial charge in [0.2, 0.25) is 15.9 Å². The molecule has 3 aliphatic rings. The maximum Gasteiger partial charge on any atom is 0.293 e. The first-order valence-electron chi connectivity index (χ1n) is 19.2. The topological polar surface area (TPSA) is 128 Å². The van der Waals surface area contributed by atoms with Gasteiger partial charge in [-0.2, -0.15) is 18.2 Å². The van der Waals surface area contributed by atoms with E-state index >= 15 is 8.78 Å². The number of benzene rings is 4. The molecular weight excluding hydrogens is 885 g/mol. The number of rotatable bonds is 11. The fourth-order valence-corrected chi connectivity index (χ4v) is 10.3. The summed E-state index contributed by atoms with van der Waals surface area (Å²) in [5.74, 6) is -8.76. The van der Waals surface area contributed by atoms with Crippen LogP contribution in [0.1, 0.15) is 53.1 Å². The number of amides is 1. The highest BCUT2D eigenvalue weighted by molar-refractivity contribution is 7.89. The molecule has 9 rings (SSSR count). The predicted molar refractivity (Wildman–Crippen MR) is 215 cm³/mol. The summed E-state index contributed by atoms with van der Waals surface area (Å²) in [6, 6.07) is 15.8. The second-order valence-corrected chi connectivity index (χ2v) is 18.0. The molecule has 322 valence electrons. The zero-order valence-corrected chi connectivity index (χ0v) is 34.3. The summed E-state index contributed by atoms with van der Waals surface area (Å²) >= 11 is 12.7. The number of fused-ring (bicyclic) bond motifs is 4. The number of morpholine rings is 1. The smallest absolute Gasteiger partial charge is 0.293 e. The van der Waals surface area contributed by atoms with E-state index in [0.29, 0.717) is 26.9 Å². The first-order valence-corrected chi connectivity index (χ1v) is 21.4. The van der Waals surface area contributed by atoms with E-state index in [4.69, 9.17) is 32.9 Å². The standard InChI is InChI=1S/C42H32Cl2F6N6O5S/c43-23-2-8-28(32(44)17-23)22-1-7-29-33(16-22)52-40(56(41(29)58)26-3-5-27(6-4-26)62(59,60)54-9-11-61-12-10-54)34(15-21-13-24(45)18-25(46)14-21)51-35(57)20-55-38-36(37(53-55)39(47)48)30-19-31(30)42(38,49)50/h1-8,13-14,16-18,30-31,34,39H,9-12,15,19-20H2,(H,51,57)/t30?,31-,34+/m1/s1.